The van der Waals surface area contributed by atoms with Crippen LogP contribution in [-0.2, 0) is 0 Å². The minimum absolute atomic E-state index is 0.365. The highest BCUT2D eigenvalue weighted by atomic mass is 19.1. The first-order chi connectivity index (χ1) is 13.9. The summed E-state index contributed by atoms with van der Waals surface area (Å²) in [5.41, 5.74) is 0. The SMILES string of the molecule is CCC(C)CCC(C)C(CC)CCCC1CCC(C2CCCC(C)CC2)CC1F. The number of hydrogen-bond acceptors (Lipinski definition) is 0. The van der Waals surface area contributed by atoms with Crippen molar-refractivity contribution in [1.82, 2.24) is 0 Å². The maximum absolute atomic E-state index is 15.0. The Morgan fingerprint density at radius 1 is 0.828 bits per heavy atom. The van der Waals surface area contributed by atoms with Crippen LogP contribution in [0.5, 0.6) is 0 Å². The summed E-state index contributed by atoms with van der Waals surface area (Å²) in [5.74, 6) is 5.34. The van der Waals surface area contributed by atoms with Crippen LogP contribution in [-0.4, -0.2) is 6.17 Å². The highest BCUT2D eigenvalue weighted by molar-refractivity contribution is 4.85. The van der Waals surface area contributed by atoms with Crippen LogP contribution in [0.3, 0.4) is 0 Å². The molecular weight excluding hydrogens is 355 g/mol. The van der Waals surface area contributed by atoms with Gasteiger partial charge in [0.15, 0.2) is 0 Å². The lowest BCUT2D eigenvalue weighted by atomic mass is 9.71. The van der Waals surface area contributed by atoms with E-state index in [2.05, 4.69) is 34.6 Å². The van der Waals surface area contributed by atoms with Gasteiger partial charge in [-0.1, -0.05) is 98.8 Å². The van der Waals surface area contributed by atoms with Crippen LogP contribution in [0.1, 0.15) is 131 Å². The molecule has 0 heterocycles. The summed E-state index contributed by atoms with van der Waals surface area (Å²) in [4.78, 5) is 0. The van der Waals surface area contributed by atoms with Crippen LogP contribution in [0.2, 0.25) is 0 Å². The number of alkyl halides is 1. The third-order valence-electron chi connectivity index (χ3n) is 9.21. The van der Waals surface area contributed by atoms with E-state index in [9.17, 15) is 0 Å². The molecule has 0 spiro atoms. The van der Waals surface area contributed by atoms with Gasteiger partial charge < -0.3 is 0 Å². The predicted octanol–water partition coefficient (Wildman–Crippen LogP) is 9.62. The maximum atomic E-state index is 15.0. The second-order valence-electron chi connectivity index (χ2n) is 11.4. The van der Waals surface area contributed by atoms with Crippen LogP contribution < -0.4 is 0 Å². The molecule has 0 nitrogen and oxygen atoms in total. The third-order valence-corrected chi connectivity index (χ3v) is 9.21. The van der Waals surface area contributed by atoms with Crippen LogP contribution in [0.25, 0.3) is 0 Å². The predicted molar refractivity (Wildman–Crippen MR) is 127 cm³/mol. The average Bonchev–Trinajstić information content (AvgIpc) is 2.94. The smallest absolute Gasteiger partial charge is 0.103 e. The molecule has 0 saturated heterocycles. The van der Waals surface area contributed by atoms with Crippen molar-refractivity contribution in [1.29, 1.82) is 0 Å². The van der Waals surface area contributed by atoms with E-state index in [0.29, 0.717) is 11.8 Å². The van der Waals surface area contributed by atoms with E-state index in [-0.39, 0.29) is 0 Å². The molecule has 1 heteroatoms. The molecule has 2 saturated carbocycles. The highest BCUT2D eigenvalue weighted by Gasteiger charge is 2.34. The number of halogens is 1. The molecule has 0 radical (unpaired) electrons. The van der Waals surface area contributed by atoms with E-state index in [1.54, 1.807) is 0 Å². The molecule has 0 aromatic rings. The summed E-state index contributed by atoms with van der Waals surface area (Å²) in [7, 11) is 0. The zero-order valence-electron chi connectivity index (χ0n) is 20.6. The largest absolute Gasteiger partial charge is 0.247 e. The van der Waals surface area contributed by atoms with Crippen molar-refractivity contribution in [3.05, 3.63) is 0 Å². The van der Waals surface area contributed by atoms with Gasteiger partial charge in [-0.25, -0.2) is 4.39 Å². The van der Waals surface area contributed by atoms with Crippen molar-refractivity contribution < 1.29 is 4.39 Å². The normalized spacial score (nSPS) is 34.3. The van der Waals surface area contributed by atoms with Crippen molar-refractivity contribution in [2.45, 2.75) is 137 Å². The molecule has 172 valence electrons. The van der Waals surface area contributed by atoms with Crippen LogP contribution >= 0.6 is 0 Å². The van der Waals surface area contributed by atoms with Crippen LogP contribution in [0.15, 0.2) is 0 Å². The molecule has 2 aliphatic carbocycles. The Morgan fingerprint density at radius 3 is 2.28 bits per heavy atom. The average molecular weight is 409 g/mol. The zero-order chi connectivity index (χ0) is 21.2. The van der Waals surface area contributed by atoms with E-state index < -0.39 is 6.17 Å². The van der Waals surface area contributed by atoms with Gasteiger partial charge in [-0.2, -0.15) is 0 Å². The van der Waals surface area contributed by atoms with Gasteiger partial charge in [0.05, 0.1) is 0 Å². The fourth-order valence-electron chi connectivity index (χ4n) is 6.47. The summed E-state index contributed by atoms with van der Waals surface area (Å²) < 4.78 is 15.0. The molecule has 0 amide bonds. The molecule has 0 aliphatic heterocycles. The first-order valence-corrected chi connectivity index (χ1v) is 13.6. The second kappa shape index (κ2) is 13.4. The Morgan fingerprint density at radius 2 is 1.59 bits per heavy atom. The molecule has 0 bridgehead atoms. The molecule has 8 unspecified atom stereocenters. The van der Waals surface area contributed by atoms with E-state index in [1.165, 1.54) is 77.0 Å². The number of hydrogen-bond donors (Lipinski definition) is 0. The second-order valence-corrected chi connectivity index (χ2v) is 11.4. The summed E-state index contributed by atoms with van der Waals surface area (Å²) in [6.07, 6.45) is 18.8. The van der Waals surface area contributed by atoms with Gasteiger partial charge in [-0.15, -0.1) is 0 Å². The summed E-state index contributed by atoms with van der Waals surface area (Å²) in [6.45, 7) is 11.9. The van der Waals surface area contributed by atoms with E-state index >= 15 is 4.39 Å². The van der Waals surface area contributed by atoms with Gasteiger partial charge in [0.25, 0.3) is 0 Å². The topological polar surface area (TPSA) is 0 Å². The number of rotatable bonds is 11. The summed E-state index contributed by atoms with van der Waals surface area (Å²) in [5, 5.41) is 0. The van der Waals surface area contributed by atoms with E-state index in [4.69, 9.17) is 0 Å². The lowest BCUT2D eigenvalue weighted by molar-refractivity contribution is 0.0837. The molecule has 0 aromatic carbocycles. The summed E-state index contributed by atoms with van der Waals surface area (Å²) in [6, 6.07) is 0. The molecular formula is C28H53F. The monoisotopic (exact) mass is 408 g/mol. The minimum Gasteiger partial charge on any atom is -0.247 e. The van der Waals surface area contributed by atoms with Crippen LogP contribution in [0.4, 0.5) is 4.39 Å². The maximum Gasteiger partial charge on any atom is 0.103 e. The Hall–Kier alpha value is -0.0700. The minimum atomic E-state index is -0.516. The molecule has 2 fully saturated rings. The fourth-order valence-corrected chi connectivity index (χ4v) is 6.47. The van der Waals surface area contributed by atoms with Crippen molar-refractivity contribution in [3.8, 4) is 0 Å². The molecule has 2 aliphatic rings. The van der Waals surface area contributed by atoms with Gasteiger partial charge in [0.2, 0.25) is 0 Å². The lowest BCUT2D eigenvalue weighted by Gasteiger charge is -2.36. The fraction of sp³-hybridized carbons (Fsp3) is 1.00. The van der Waals surface area contributed by atoms with E-state index in [0.717, 1.165) is 48.9 Å². The van der Waals surface area contributed by atoms with Crippen LogP contribution in [0, 0.1) is 41.4 Å². The highest BCUT2D eigenvalue weighted by Crippen LogP contribution is 2.42. The Balaban J connectivity index is 1.69. The van der Waals surface area contributed by atoms with Gasteiger partial charge in [0, 0.05) is 0 Å². The van der Waals surface area contributed by atoms with Gasteiger partial charge in [-0.3, -0.25) is 0 Å². The van der Waals surface area contributed by atoms with Crippen molar-refractivity contribution in [2.75, 3.05) is 0 Å². The van der Waals surface area contributed by atoms with Crippen molar-refractivity contribution in [3.63, 3.8) is 0 Å². The zero-order valence-corrected chi connectivity index (χ0v) is 20.6. The first-order valence-electron chi connectivity index (χ1n) is 13.6. The van der Waals surface area contributed by atoms with E-state index in [1.807, 2.05) is 0 Å². The molecule has 8 atom stereocenters. The molecule has 0 aromatic heterocycles. The van der Waals surface area contributed by atoms with Gasteiger partial charge in [0.1, 0.15) is 6.17 Å². The van der Waals surface area contributed by atoms with Crippen molar-refractivity contribution >= 4 is 0 Å². The molecule has 29 heavy (non-hydrogen) atoms. The van der Waals surface area contributed by atoms with Gasteiger partial charge in [-0.05, 0) is 73.5 Å². The van der Waals surface area contributed by atoms with Gasteiger partial charge >= 0.3 is 0 Å². The Labute approximate surface area is 183 Å². The standard InChI is InChI=1S/C28H53F/c1-6-21(3)14-16-23(5)24(7-2)11-9-13-26-18-19-27(20-28(26)29)25-12-8-10-22(4)15-17-25/h21-28H,6-20H2,1-5H3. The summed E-state index contributed by atoms with van der Waals surface area (Å²) >= 11 is 0. The Bertz CT molecular complexity index is 419. The lowest BCUT2D eigenvalue weighted by Crippen LogP contribution is -2.30. The van der Waals surface area contributed by atoms with Crippen molar-refractivity contribution in [2.24, 2.45) is 41.4 Å². The molecule has 0 N–H and O–H groups in total. The first kappa shape index (κ1) is 25.2. The quantitative estimate of drug-likeness (QED) is 0.298. The molecule has 2 rings (SSSR count). The Kier molecular flexibility index (Phi) is 11.6. The third kappa shape index (κ3) is 8.53.